The molecule has 3 nitrogen and oxygen atoms in total. The van der Waals surface area contributed by atoms with Gasteiger partial charge in [-0.25, -0.2) is 0 Å². The standard InChI is InChI=1S/C15H19ClN2OS/c1-3-7-18(8-4-2)14(19)15(9-11(15)10-17)12-5-6-13(16)20-12/h3-6,11H,1-2,7-10,17H2/t11-,15-/m0/s1. The summed E-state index contributed by atoms with van der Waals surface area (Å²) in [5, 5.41) is 0. The minimum atomic E-state index is -0.488. The fraction of sp³-hybridized carbons (Fsp3) is 0.400. The zero-order valence-corrected chi connectivity index (χ0v) is 12.9. The molecule has 1 aromatic heterocycles. The Kier molecular flexibility index (Phi) is 4.68. The molecular formula is C15H19ClN2OS. The first kappa shape index (κ1) is 15.3. The van der Waals surface area contributed by atoms with E-state index in [0.717, 1.165) is 11.3 Å². The van der Waals surface area contributed by atoms with Crippen LogP contribution in [0, 0.1) is 5.92 Å². The van der Waals surface area contributed by atoms with Gasteiger partial charge < -0.3 is 10.6 Å². The van der Waals surface area contributed by atoms with Gasteiger partial charge in [0.2, 0.25) is 5.91 Å². The highest BCUT2D eigenvalue weighted by atomic mass is 35.5. The van der Waals surface area contributed by atoms with Crippen molar-refractivity contribution in [1.29, 1.82) is 0 Å². The van der Waals surface area contributed by atoms with Crippen LogP contribution < -0.4 is 5.73 Å². The summed E-state index contributed by atoms with van der Waals surface area (Å²) in [6.07, 6.45) is 4.26. The van der Waals surface area contributed by atoms with E-state index in [2.05, 4.69) is 13.2 Å². The second kappa shape index (κ2) is 6.12. The third-order valence-electron chi connectivity index (χ3n) is 3.77. The molecule has 0 spiro atoms. The lowest BCUT2D eigenvalue weighted by Crippen LogP contribution is -2.41. The van der Waals surface area contributed by atoms with Crippen LogP contribution in [0.15, 0.2) is 37.4 Å². The van der Waals surface area contributed by atoms with E-state index in [1.165, 1.54) is 11.3 Å². The fourth-order valence-corrected chi connectivity index (χ4v) is 3.99. The van der Waals surface area contributed by atoms with Gasteiger partial charge in [-0.2, -0.15) is 0 Å². The summed E-state index contributed by atoms with van der Waals surface area (Å²) in [6.45, 7) is 8.97. The predicted molar refractivity (Wildman–Crippen MR) is 85.1 cm³/mol. The Hall–Kier alpha value is -1.10. The maximum Gasteiger partial charge on any atom is 0.234 e. The van der Waals surface area contributed by atoms with Crippen LogP contribution in [-0.2, 0) is 10.2 Å². The number of hydrogen-bond acceptors (Lipinski definition) is 3. The number of carbonyl (C=O) groups excluding carboxylic acids is 1. The summed E-state index contributed by atoms with van der Waals surface area (Å²) in [4.78, 5) is 15.7. The molecule has 1 aromatic rings. The lowest BCUT2D eigenvalue weighted by atomic mass is 9.99. The number of nitrogens with two attached hydrogens (primary N) is 1. The number of nitrogens with zero attached hydrogens (tertiary/aromatic N) is 1. The number of hydrogen-bond donors (Lipinski definition) is 1. The Morgan fingerprint density at radius 2 is 2.15 bits per heavy atom. The van der Waals surface area contributed by atoms with E-state index < -0.39 is 5.41 Å². The molecule has 0 aromatic carbocycles. The first-order valence-corrected chi connectivity index (χ1v) is 7.76. The number of thiophene rings is 1. The van der Waals surface area contributed by atoms with E-state index in [0.29, 0.717) is 24.0 Å². The van der Waals surface area contributed by atoms with Crippen LogP contribution in [-0.4, -0.2) is 30.4 Å². The van der Waals surface area contributed by atoms with Gasteiger partial charge in [-0.1, -0.05) is 23.8 Å². The SMILES string of the molecule is C=CCN(CC=C)C(=O)[C@@]1(c2ccc(Cl)s2)C[C@H]1CN. The van der Waals surface area contributed by atoms with Gasteiger partial charge in [0.1, 0.15) is 0 Å². The fourth-order valence-electron chi connectivity index (χ4n) is 2.67. The number of rotatable bonds is 7. The summed E-state index contributed by atoms with van der Waals surface area (Å²) in [5.74, 6) is 0.299. The topological polar surface area (TPSA) is 46.3 Å². The molecule has 0 saturated heterocycles. The van der Waals surface area contributed by atoms with E-state index in [1.807, 2.05) is 12.1 Å². The summed E-state index contributed by atoms with van der Waals surface area (Å²) in [6, 6.07) is 3.79. The normalized spacial score (nSPS) is 24.2. The van der Waals surface area contributed by atoms with Gasteiger partial charge in [0.25, 0.3) is 0 Å². The molecule has 0 aliphatic heterocycles. The average molecular weight is 311 g/mol. The van der Waals surface area contributed by atoms with Gasteiger partial charge in [0.15, 0.2) is 0 Å². The van der Waals surface area contributed by atoms with Crippen molar-refractivity contribution < 1.29 is 4.79 Å². The van der Waals surface area contributed by atoms with E-state index in [4.69, 9.17) is 17.3 Å². The maximum absolute atomic E-state index is 12.9. The van der Waals surface area contributed by atoms with Gasteiger partial charge >= 0.3 is 0 Å². The number of carbonyl (C=O) groups is 1. The lowest BCUT2D eigenvalue weighted by molar-refractivity contribution is -0.133. The van der Waals surface area contributed by atoms with Gasteiger partial charge in [-0.05, 0) is 31.0 Å². The highest BCUT2D eigenvalue weighted by Gasteiger charge is 2.62. The minimum Gasteiger partial charge on any atom is -0.334 e. The molecule has 1 amide bonds. The summed E-state index contributed by atoms with van der Waals surface area (Å²) < 4.78 is 0.703. The van der Waals surface area contributed by atoms with Crippen LogP contribution >= 0.6 is 22.9 Å². The molecule has 1 aliphatic rings. The first-order valence-electron chi connectivity index (χ1n) is 6.57. The highest BCUT2D eigenvalue weighted by molar-refractivity contribution is 7.16. The molecule has 2 atom stereocenters. The summed E-state index contributed by atoms with van der Waals surface area (Å²) in [5.41, 5.74) is 5.31. The molecule has 108 valence electrons. The van der Waals surface area contributed by atoms with E-state index in [-0.39, 0.29) is 11.8 Å². The van der Waals surface area contributed by atoms with Gasteiger partial charge in [-0.15, -0.1) is 24.5 Å². The Labute approximate surface area is 128 Å². The molecule has 1 fully saturated rings. The minimum absolute atomic E-state index is 0.103. The molecule has 1 saturated carbocycles. The van der Waals surface area contributed by atoms with Crippen LogP contribution in [0.25, 0.3) is 0 Å². The van der Waals surface area contributed by atoms with E-state index in [1.54, 1.807) is 17.1 Å². The van der Waals surface area contributed by atoms with Gasteiger partial charge in [-0.3, -0.25) is 4.79 Å². The monoisotopic (exact) mass is 310 g/mol. The third kappa shape index (κ3) is 2.55. The first-order chi connectivity index (χ1) is 9.59. The Morgan fingerprint density at radius 1 is 1.50 bits per heavy atom. The van der Waals surface area contributed by atoms with Crippen molar-refractivity contribution >= 4 is 28.8 Å². The zero-order chi connectivity index (χ0) is 14.8. The quantitative estimate of drug-likeness (QED) is 0.787. The number of halogens is 1. The van der Waals surface area contributed by atoms with Crippen LogP contribution in [0.4, 0.5) is 0 Å². The molecule has 0 bridgehead atoms. The highest BCUT2D eigenvalue weighted by Crippen LogP contribution is 2.57. The van der Waals surface area contributed by atoms with E-state index >= 15 is 0 Å². The predicted octanol–water partition coefficient (Wildman–Crippen LogP) is 2.82. The van der Waals surface area contributed by atoms with E-state index in [9.17, 15) is 4.79 Å². The Morgan fingerprint density at radius 3 is 2.55 bits per heavy atom. The average Bonchev–Trinajstić information content (AvgIpc) is 3.04. The number of amides is 1. The van der Waals surface area contributed by atoms with Crippen LogP contribution in [0.3, 0.4) is 0 Å². The summed E-state index contributed by atoms with van der Waals surface area (Å²) >= 11 is 7.49. The second-order valence-electron chi connectivity index (χ2n) is 5.00. The maximum atomic E-state index is 12.9. The molecule has 1 heterocycles. The molecule has 1 aliphatic carbocycles. The lowest BCUT2D eigenvalue weighted by Gasteiger charge is -2.25. The molecule has 0 radical (unpaired) electrons. The molecular weight excluding hydrogens is 292 g/mol. The second-order valence-corrected chi connectivity index (χ2v) is 6.71. The van der Waals surface area contributed by atoms with Gasteiger partial charge in [0, 0.05) is 18.0 Å². The Balaban J connectivity index is 2.31. The zero-order valence-electron chi connectivity index (χ0n) is 11.3. The molecule has 0 unspecified atom stereocenters. The van der Waals surface area contributed by atoms with Crippen molar-refractivity contribution in [3.8, 4) is 0 Å². The van der Waals surface area contributed by atoms with Crippen LogP contribution in [0.2, 0.25) is 4.34 Å². The van der Waals surface area contributed by atoms with Gasteiger partial charge in [0.05, 0.1) is 9.75 Å². The largest absolute Gasteiger partial charge is 0.334 e. The third-order valence-corrected chi connectivity index (χ3v) is 5.18. The van der Waals surface area contributed by atoms with Crippen molar-refractivity contribution in [1.82, 2.24) is 4.90 Å². The molecule has 5 heteroatoms. The molecule has 20 heavy (non-hydrogen) atoms. The molecule has 2 N–H and O–H groups in total. The molecule has 2 rings (SSSR count). The van der Waals surface area contributed by atoms with Crippen molar-refractivity contribution in [2.24, 2.45) is 11.7 Å². The van der Waals surface area contributed by atoms with Crippen molar-refractivity contribution in [2.45, 2.75) is 11.8 Å². The summed E-state index contributed by atoms with van der Waals surface area (Å²) in [7, 11) is 0. The van der Waals surface area contributed by atoms with Crippen LogP contribution in [0.1, 0.15) is 11.3 Å². The van der Waals surface area contributed by atoms with Crippen molar-refractivity contribution in [3.63, 3.8) is 0 Å². The van der Waals surface area contributed by atoms with Crippen LogP contribution in [0.5, 0.6) is 0 Å². The smallest absolute Gasteiger partial charge is 0.234 e. The Bertz CT molecular complexity index is 518. The van der Waals surface area contributed by atoms with Crippen molar-refractivity contribution in [2.75, 3.05) is 19.6 Å². The van der Waals surface area contributed by atoms with Crippen molar-refractivity contribution in [3.05, 3.63) is 46.7 Å².